The Morgan fingerprint density at radius 2 is 1.92 bits per heavy atom. The Kier molecular flexibility index (Phi) is 10.4. The minimum Gasteiger partial charge on any atom is -0.480 e. The van der Waals surface area contributed by atoms with Crippen molar-refractivity contribution in [2.45, 2.75) is 59.5 Å². The van der Waals surface area contributed by atoms with Crippen molar-refractivity contribution in [3.05, 3.63) is 71.4 Å². The van der Waals surface area contributed by atoms with Crippen molar-refractivity contribution in [1.29, 1.82) is 0 Å². The summed E-state index contributed by atoms with van der Waals surface area (Å²) in [7, 11) is 1.58. The topological polar surface area (TPSA) is 56.1 Å². The van der Waals surface area contributed by atoms with Gasteiger partial charge in [-0.2, -0.15) is 17.6 Å². The van der Waals surface area contributed by atoms with Gasteiger partial charge in [0.2, 0.25) is 11.8 Å². The van der Waals surface area contributed by atoms with Crippen LogP contribution in [-0.4, -0.2) is 28.3 Å². The van der Waals surface area contributed by atoms with Crippen LogP contribution in [0.5, 0.6) is 5.88 Å². The molecule has 0 aliphatic rings. The Labute approximate surface area is 219 Å². The Hall–Kier alpha value is -2.80. The lowest BCUT2D eigenvalue weighted by Gasteiger charge is -2.18. The van der Waals surface area contributed by atoms with Gasteiger partial charge in [-0.05, 0) is 36.0 Å². The highest BCUT2D eigenvalue weighted by molar-refractivity contribution is 7.80. The smallest absolute Gasteiger partial charge is 0.236 e. The molecule has 194 valence electrons. The molecule has 3 rings (SSSR count). The zero-order chi connectivity index (χ0) is 26.1. The third kappa shape index (κ3) is 7.12. The van der Waals surface area contributed by atoms with E-state index in [0.29, 0.717) is 29.7 Å². The Morgan fingerprint density at radius 3 is 2.53 bits per heavy atom. The van der Waals surface area contributed by atoms with Crippen LogP contribution < -0.4 is 10.1 Å². The standard InChI is InChI=1S/C29H38FN3O2S/c1-5-6-12-27-32-29(35-4)26(17-31-28(34)24(19-36)15-20(2)3)33(27)18-23-14-13-22(16-25(23)30)21-10-8-7-9-11-21/h7-11,13-14,16,20,24,36H,5-6,12,15,17-19H2,1-4H3,(H,31,34). The van der Waals surface area contributed by atoms with Gasteiger partial charge in [-0.3, -0.25) is 4.79 Å². The fourth-order valence-electron chi connectivity index (χ4n) is 4.37. The molecule has 0 spiro atoms. The second-order valence-corrected chi connectivity index (χ2v) is 9.94. The monoisotopic (exact) mass is 511 g/mol. The number of carbonyl (C=O) groups is 1. The minimum atomic E-state index is -0.271. The maximum Gasteiger partial charge on any atom is 0.236 e. The largest absolute Gasteiger partial charge is 0.480 e. The zero-order valence-electron chi connectivity index (χ0n) is 21.8. The first-order valence-corrected chi connectivity index (χ1v) is 13.4. The van der Waals surface area contributed by atoms with Crippen LogP contribution in [0.3, 0.4) is 0 Å². The first-order valence-electron chi connectivity index (χ1n) is 12.7. The highest BCUT2D eigenvalue weighted by Crippen LogP contribution is 2.26. The first kappa shape index (κ1) is 27.8. The van der Waals surface area contributed by atoms with Gasteiger partial charge >= 0.3 is 0 Å². The number of nitrogens with one attached hydrogen (secondary N) is 1. The van der Waals surface area contributed by atoms with Crippen LogP contribution in [-0.2, 0) is 24.3 Å². The summed E-state index contributed by atoms with van der Waals surface area (Å²) in [4.78, 5) is 17.6. The molecule has 0 aliphatic heterocycles. The van der Waals surface area contributed by atoms with Crippen LogP contribution in [0.2, 0.25) is 0 Å². The highest BCUT2D eigenvalue weighted by Gasteiger charge is 2.22. The van der Waals surface area contributed by atoms with E-state index < -0.39 is 0 Å². The van der Waals surface area contributed by atoms with Gasteiger partial charge in [0.05, 0.1) is 20.2 Å². The minimum absolute atomic E-state index is 0.0398. The van der Waals surface area contributed by atoms with Gasteiger partial charge in [0, 0.05) is 23.7 Å². The Balaban J connectivity index is 1.89. The summed E-state index contributed by atoms with van der Waals surface area (Å²) in [5.74, 6) is 1.70. The lowest BCUT2D eigenvalue weighted by Crippen LogP contribution is -2.33. The molecule has 0 bridgehead atoms. The summed E-state index contributed by atoms with van der Waals surface area (Å²) in [5.41, 5.74) is 3.11. The molecule has 7 heteroatoms. The van der Waals surface area contributed by atoms with Crippen LogP contribution >= 0.6 is 12.6 Å². The summed E-state index contributed by atoms with van der Waals surface area (Å²) < 4.78 is 22.8. The van der Waals surface area contributed by atoms with Gasteiger partial charge in [0.15, 0.2) is 0 Å². The molecule has 1 aromatic heterocycles. The lowest BCUT2D eigenvalue weighted by molar-refractivity contribution is -0.124. The number of ether oxygens (including phenoxy) is 1. The number of benzene rings is 2. The number of carbonyl (C=O) groups excluding carboxylic acids is 1. The second-order valence-electron chi connectivity index (χ2n) is 9.57. The number of aryl methyl sites for hydroxylation is 1. The molecule has 0 aliphatic carbocycles. The molecule has 1 atom stereocenters. The van der Waals surface area contributed by atoms with E-state index in [-0.39, 0.29) is 24.2 Å². The molecule has 1 heterocycles. The summed E-state index contributed by atoms with van der Waals surface area (Å²) in [5, 5.41) is 3.05. The molecule has 0 fully saturated rings. The fourth-order valence-corrected chi connectivity index (χ4v) is 4.68. The number of hydrogen-bond acceptors (Lipinski definition) is 4. The average molecular weight is 512 g/mol. The summed E-state index contributed by atoms with van der Waals surface area (Å²) >= 11 is 4.38. The van der Waals surface area contributed by atoms with E-state index in [1.165, 1.54) is 0 Å². The first-order chi connectivity index (χ1) is 17.4. The number of amides is 1. The molecule has 36 heavy (non-hydrogen) atoms. The molecule has 1 unspecified atom stereocenters. The van der Waals surface area contributed by atoms with Crippen LogP contribution in [0.1, 0.15) is 57.1 Å². The molecule has 0 saturated heterocycles. The number of rotatable bonds is 13. The molecular formula is C29H38FN3O2S. The van der Waals surface area contributed by atoms with Gasteiger partial charge in [-0.1, -0.05) is 69.7 Å². The number of methoxy groups -OCH3 is 1. The molecule has 0 radical (unpaired) electrons. The second kappa shape index (κ2) is 13.5. The van der Waals surface area contributed by atoms with Crippen molar-refractivity contribution >= 4 is 18.5 Å². The average Bonchev–Trinajstić information content (AvgIpc) is 3.22. The predicted octanol–water partition coefficient (Wildman–Crippen LogP) is 6.30. The van der Waals surface area contributed by atoms with Gasteiger partial charge in [0.1, 0.15) is 17.3 Å². The van der Waals surface area contributed by atoms with Gasteiger partial charge in [0.25, 0.3) is 0 Å². The van der Waals surface area contributed by atoms with E-state index in [0.717, 1.165) is 48.3 Å². The maximum atomic E-state index is 15.3. The van der Waals surface area contributed by atoms with Crippen molar-refractivity contribution in [2.24, 2.45) is 11.8 Å². The van der Waals surface area contributed by atoms with E-state index in [4.69, 9.17) is 9.72 Å². The number of imidazole rings is 1. The van der Waals surface area contributed by atoms with Crippen molar-refractivity contribution < 1.29 is 13.9 Å². The summed E-state index contributed by atoms with van der Waals surface area (Å²) in [6.07, 6.45) is 3.49. The third-order valence-corrected chi connectivity index (χ3v) is 6.77. The predicted molar refractivity (Wildman–Crippen MR) is 147 cm³/mol. The van der Waals surface area contributed by atoms with Gasteiger partial charge in [-0.15, -0.1) is 0 Å². The van der Waals surface area contributed by atoms with Gasteiger partial charge in [-0.25, -0.2) is 4.39 Å². The Bertz CT molecular complexity index is 1130. The third-order valence-electron chi connectivity index (χ3n) is 6.33. The van der Waals surface area contributed by atoms with Crippen LogP contribution in [0.4, 0.5) is 4.39 Å². The Morgan fingerprint density at radius 1 is 1.17 bits per heavy atom. The normalized spacial score (nSPS) is 12.1. The number of unbranched alkanes of at least 4 members (excludes halogenated alkanes) is 1. The highest BCUT2D eigenvalue weighted by atomic mass is 32.1. The molecule has 1 N–H and O–H groups in total. The van der Waals surface area contributed by atoms with Crippen molar-refractivity contribution in [3.63, 3.8) is 0 Å². The molecule has 5 nitrogen and oxygen atoms in total. The zero-order valence-corrected chi connectivity index (χ0v) is 22.7. The van der Waals surface area contributed by atoms with Crippen LogP contribution in [0.15, 0.2) is 48.5 Å². The molecule has 2 aromatic carbocycles. The quantitative estimate of drug-likeness (QED) is 0.265. The number of halogens is 1. The SMILES string of the molecule is CCCCc1nc(OC)c(CNC(=O)C(CS)CC(C)C)n1Cc1ccc(-c2ccccc2)cc1F. The molecule has 1 amide bonds. The number of aromatic nitrogens is 2. The lowest BCUT2D eigenvalue weighted by atomic mass is 9.98. The molecular weight excluding hydrogens is 473 g/mol. The van der Waals surface area contributed by atoms with E-state index in [1.807, 2.05) is 47.0 Å². The van der Waals surface area contributed by atoms with E-state index in [2.05, 4.69) is 38.7 Å². The fraction of sp³-hybridized carbons (Fsp3) is 0.448. The van der Waals surface area contributed by atoms with Gasteiger partial charge < -0.3 is 14.6 Å². The maximum absolute atomic E-state index is 15.3. The molecule has 0 saturated carbocycles. The number of hydrogen-bond donors (Lipinski definition) is 2. The van der Waals surface area contributed by atoms with Crippen LogP contribution in [0, 0.1) is 17.7 Å². The number of thiol groups is 1. The van der Waals surface area contributed by atoms with Crippen molar-refractivity contribution in [1.82, 2.24) is 14.9 Å². The van der Waals surface area contributed by atoms with E-state index in [9.17, 15) is 4.79 Å². The van der Waals surface area contributed by atoms with E-state index >= 15 is 4.39 Å². The number of nitrogens with zero attached hydrogens (tertiary/aromatic N) is 2. The van der Waals surface area contributed by atoms with Crippen molar-refractivity contribution in [3.8, 4) is 17.0 Å². The van der Waals surface area contributed by atoms with E-state index in [1.54, 1.807) is 13.2 Å². The summed E-state index contributed by atoms with van der Waals surface area (Å²) in [6, 6.07) is 15.1. The molecule has 3 aromatic rings. The van der Waals surface area contributed by atoms with Crippen molar-refractivity contribution in [2.75, 3.05) is 12.9 Å². The summed E-state index contributed by atoms with van der Waals surface area (Å²) in [6.45, 7) is 6.88. The van der Waals surface area contributed by atoms with Crippen LogP contribution in [0.25, 0.3) is 11.1 Å².